The highest BCUT2D eigenvalue weighted by Gasteiger charge is 2.33. The Bertz CT molecular complexity index is 1630. The summed E-state index contributed by atoms with van der Waals surface area (Å²) in [5.74, 6) is -2.74. The van der Waals surface area contributed by atoms with Crippen molar-refractivity contribution in [1.29, 1.82) is 0 Å². The minimum absolute atomic E-state index is 0.0565. The van der Waals surface area contributed by atoms with Gasteiger partial charge in [0.2, 0.25) is 10.0 Å². The SMILES string of the molecule is O=C(Nc1n[nH]c2c1CN(S(=O)(=O)c1cc(F)cc(F)c1)CC2)c1ccc(CN2CCCC2)cc1NC(=O)[C@H]1CCCO1. The van der Waals surface area contributed by atoms with Crippen LogP contribution in [0.2, 0.25) is 0 Å². The number of benzene rings is 2. The van der Waals surface area contributed by atoms with Crippen LogP contribution in [-0.2, 0) is 39.1 Å². The van der Waals surface area contributed by atoms with Crippen molar-refractivity contribution >= 4 is 33.3 Å². The van der Waals surface area contributed by atoms with E-state index in [9.17, 15) is 26.8 Å². The smallest absolute Gasteiger partial charge is 0.258 e. The van der Waals surface area contributed by atoms with Gasteiger partial charge in [0.05, 0.1) is 16.1 Å². The second-order valence-electron chi connectivity index (χ2n) is 11.0. The van der Waals surface area contributed by atoms with Gasteiger partial charge in [0.15, 0.2) is 5.82 Å². The van der Waals surface area contributed by atoms with E-state index >= 15 is 0 Å². The van der Waals surface area contributed by atoms with Gasteiger partial charge in [-0.25, -0.2) is 17.2 Å². The maximum absolute atomic E-state index is 13.8. The van der Waals surface area contributed by atoms with Crippen molar-refractivity contribution in [2.24, 2.45) is 0 Å². The zero-order valence-electron chi connectivity index (χ0n) is 23.4. The summed E-state index contributed by atoms with van der Waals surface area (Å²) >= 11 is 0. The number of H-pyrrole nitrogens is 1. The molecule has 228 valence electrons. The van der Waals surface area contributed by atoms with Gasteiger partial charge in [0.25, 0.3) is 11.8 Å². The molecule has 0 spiro atoms. The molecule has 11 nitrogen and oxygen atoms in total. The molecule has 0 saturated carbocycles. The van der Waals surface area contributed by atoms with Crippen molar-refractivity contribution in [3.8, 4) is 0 Å². The molecular formula is C29H32F2N6O5S. The third-order valence-corrected chi connectivity index (χ3v) is 9.84. The first-order chi connectivity index (χ1) is 20.7. The summed E-state index contributed by atoms with van der Waals surface area (Å²) in [6.45, 7) is 3.07. The average molecular weight is 615 g/mol. The van der Waals surface area contributed by atoms with Crippen molar-refractivity contribution in [2.75, 3.05) is 36.9 Å². The molecule has 0 unspecified atom stereocenters. The van der Waals surface area contributed by atoms with Crippen LogP contribution in [0.5, 0.6) is 0 Å². The monoisotopic (exact) mass is 614 g/mol. The lowest BCUT2D eigenvalue weighted by Gasteiger charge is -2.26. The van der Waals surface area contributed by atoms with Gasteiger partial charge < -0.3 is 15.4 Å². The predicted octanol–water partition coefficient (Wildman–Crippen LogP) is 3.40. The van der Waals surface area contributed by atoms with Gasteiger partial charge in [-0.2, -0.15) is 9.40 Å². The number of nitrogens with one attached hydrogen (secondary N) is 3. The number of ether oxygens (including phenoxy) is 1. The summed E-state index contributed by atoms with van der Waals surface area (Å²) in [6, 6.07) is 7.44. The Hall–Kier alpha value is -3.72. The summed E-state index contributed by atoms with van der Waals surface area (Å²) in [5, 5.41) is 12.7. The van der Waals surface area contributed by atoms with E-state index in [1.807, 2.05) is 6.07 Å². The number of aromatic amines is 1. The van der Waals surface area contributed by atoms with E-state index in [2.05, 4.69) is 25.7 Å². The lowest BCUT2D eigenvalue weighted by Crippen LogP contribution is -2.36. The van der Waals surface area contributed by atoms with Crippen molar-refractivity contribution < 1.29 is 31.5 Å². The minimum Gasteiger partial charge on any atom is -0.368 e. The van der Waals surface area contributed by atoms with Gasteiger partial charge in [-0.05, 0) is 68.6 Å². The quantitative estimate of drug-likeness (QED) is 0.354. The highest BCUT2D eigenvalue weighted by atomic mass is 32.2. The maximum Gasteiger partial charge on any atom is 0.258 e. The van der Waals surface area contributed by atoms with Crippen LogP contribution in [0.1, 0.15) is 52.9 Å². The summed E-state index contributed by atoms with van der Waals surface area (Å²) in [5.41, 5.74) is 2.59. The van der Waals surface area contributed by atoms with Crippen LogP contribution >= 0.6 is 0 Å². The van der Waals surface area contributed by atoms with Crippen LogP contribution < -0.4 is 10.6 Å². The molecule has 3 aromatic rings. The molecule has 2 amide bonds. The van der Waals surface area contributed by atoms with E-state index in [0.29, 0.717) is 42.6 Å². The van der Waals surface area contributed by atoms with Crippen LogP contribution in [0.4, 0.5) is 20.3 Å². The van der Waals surface area contributed by atoms with Gasteiger partial charge in [0.1, 0.15) is 17.7 Å². The molecule has 2 aromatic carbocycles. The van der Waals surface area contributed by atoms with E-state index in [-0.39, 0.29) is 36.8 Å². The fraction of sp³-hybridized carbons (Fsp3) is 0.414. The van der Waals surface area contributed by atoms with E-state index in [1.54, 1.807) is 12.1 Å². The predicted molar refractivity (Wildman–Crippen MR) is 153 cm³/mol. The Kier molecular flexibility index (Phi) is 8.27. The molecule has 1 aromatic heterocycles. The number of amides is 2. The zero-order valence-corrected chi connectivity index (χ0v) is 24.2. The van der Waals surface area contributed by atoms with Crippen molar-refractivity contribution in [3.63, 3.8) is 0 Å². The number of likely N-dealkylation sites (tertiary alicyclic amines) is 1. The highest BCUT2D eigenvalue weighted by molar-refractivity contribution is 7.89. The van der Waals surface area contributed by atoms with Gasteiger partial charge in [-0.1, -0.05) is 6.07 Å². The van der Waals surface area contributed by atoms with Gasteiger partial charge in [0, 0.05) is 50.0 Å². The number of carbonyl (C=O) groups is 2. The third-order valence-electron chi connectivity index (χ3n) is 8.02. The van der Waals surface area contributed by atoms with Crippen LogP contribution in [0.25, 0.3) is 0 Å². The van der Waals surface area contributed by atoms with Crippen molar-refractivity contribution in [1.82, 2.24) is 19.4 Å². The molecule has 14 heteroatoms. The Morgan fingerprint density at radius 2 is 1.79 bits per heavy atom. The lowest BCUT2D eigenvalue weighted by atomic mass is 10.1. The molecule has 2 saturated heterocycles. The molecule has 4 heterocycles. The number of fused-ring (bicyclic) bond motifs is 1. The second kappa shape index (κ2) is 12.1. The molecule has 43 heavy (non-hydrogen) atoms. The van der Waals surface area contributed by atoms with Crippen LogP contribution in [0.15, 0.2) is 41.3 Å². The number of nitrogens with zero attached hydrogens (tertiary/aromatic N) is 3. The van der Waals surface area contributed by atoms with Crippen LogP contribution in [0, 0.1) is 11.6 Å². The normalized spacial score (nSPS) is 19.3. The van der Waals surface area contributed by atoms with E-state index < -0.39 is 38.6 Å². The van der Waals surface area contributed by atoms with E-state index in [0.717, 1.165) is 54.4 Å². The van der Waals surface area contributed by atoms with Gasteiger partial charge in [-0.15, -0.1) is 0 Å². The molecule has 1 atom stereocenters. The summed E-state index contributed by atoms with van der Waals surface area (Å²) in [7, 11) is -4.23. The Labute approximate surface area is 247 Å². The minimum atomic E-state index is -4.23. The number of hydrogen-bond donors (Lipinski definition) is 3. The number of carbonyl (C=O) groups excluding carboxylic acids is 2. The Morgan fingerprint density at radius 1 is 1.02 bits per heavy atom. The molecule has 6 rings (SSSR count). The zero-order chi connectivity index (χ0) is 30.1. The molecular weight excluding hydrogens is 582 g/mol. The number of hydrogen-bond acceptors (Lipinski definition) is 7. The molecule has 3 aliphatic rings. The number of anilines is 2. The van der Waals surface area contributed by atoms with Crippen LogP contribution in [0.3, 0.4) is 0 Å². The Morgan fingerprint density at radius 3 is 2.51 bits per heavy atom. The summed E-state index contributed by atoms with van der Waals surface area (Å²) < 4.78 is 60.6. The number of rotatable bonds is 8. The molecule has 0 radical (unpaired) electrons. The van der Waals surface area contributed by atoms with Crippen molar-refractivity contribution in [2.45, 2.75) is 56.2 Å². The molecule has 0 aliphatic carbocycles. The number of sulfonamides is 1. The maximum atomic E-state index is 13.8. The standard InChI is InChI=1S/C29H32F2N6O5S/c30-19-13-20(31)15-21(14-19)43(40,41)37-10-7-24-23(17-37)27(35-34-24)33-28(38)22-6-5-18(16-36-8-1-2-9-36)12-25(22)32-29(39)26-4-3-11-42-26/h5-6,12-15,26H,1-4,7-11,16-17H2,(H,32,39)(H2,33,34,35,38)/t26-/m1/s1. The second-order valence-corrected chi connectivity index (χ2v) is 13.0. The highest BCUT2D eigenvalue weighted by Crippen LogP contribution is 2.30. The first-order valence-electron chi connectivity index (χ1n) is 14.3. The molecule has 3 aliphatic heterocycles. The van der Waals surface area contributed by atoms with Crippen LogP contribution in [-0.4, -0.2) is 72.0 Å². The summed E-state index contributed by atoms with van der Waals surface area (Å²) in [4.78, 5) is 28.3. The van der Waals surface area contributed by atoms with Gasteiger partial charge in [-0.3, -0.25) is 19.6 Å². The van der Waals surface area contributed by atoms with E-state index in [1.165, 1.54) is 0 Å². The summed E-state index contributed by atoms with van der Waals surface area (Å²) in [6.07, 6.45) is 3.32. The molecule has 2 fully saturated rings. The topological polar surface area (TPSA) is 137 Å². The largest absolute Gasteiger partial charge is 0.368 e. The van der Waals surface area contributed by atoms with Crippen molar-refractivity contribution in [3.05, 3.63) is 70.4 Å². The number of halogens is 2. The fourth-order valence-electron chi connectivity index (χ4n) is 5.77. The lowest BCUT2D eigenvalue weighted by molar-refractivity contribution is -0.124. The number of aromatic nitrogens is 2. The first kappa shape index (κ1) is 29.4. The molecule has 0 bridgehead atoms. The van der Waals surface area contributed by atoms with E-state index in [4.69, 9.17) is 4.74 Å². The third kappa shape index (κ3) is 6.32. The first-order valence-corrected chi connectivity index (χ1v) is 15.7. The Balaban J connectivity index is 1.23. The fourth-order valence-corrected chi connectivity index (χ4v) is 7.22. The molecule has 3 N–H and O–H groups in total. The average Bonchev–Trinajstić information content (AvgIpc) is 3.76. The van der Waals surface area contributed by atoms with Gasteiger partial charge >= 0.3 is 0 Å².